The molecule has 0 fully saturated rings. The second-order valence-corrected chi connectivity index (χ2v) is 18.1. The van der Waals surface area contributed by atoms with Gasteiger partial charge in [-0.1, -0.05) is 133 Å². The van der Waals surface area contributed by atoms with Crippen molar-refractivity contribution in [2.24, 2.45) is 0 Å². The van der Waals surface area contributed by atoms with E-state index in [4.69, 9.17) is 13.3 Å². The average molecular weight is 849 g/mol. The lowest BCUT2D eigenvalue weighted by atomic mass is 9.35. The van der Waals surface area contributed by atoms with Crippen molar-refractivity contribution in [3.63, 3.8) is 0 Å². The molecule has 0 aliphatic carbocycles. The molecule has 0 unspecified atom stereocenters. The zero-order valence-electron chi connectivity index (χ0n) is 34.7. The normalized spacial score (nSPS) is 13.1. The molecule has 0 atom stereocenters. The van der Waals surface area contributed by atoms with Gasteiger partial charge in [0.2, 0.25) is 0 Å². The van der Waals surface area contributed by atoms with E-state index in [9.17, 15) is 0 Å². The highest BCUT2D eigenvalue weighted by molar-refractivity contribution is 7.26. The van der Waals surface area contributed by atoms with Crippen LogP contribution in [0.2, 0.25) is 0 Å². The van der Waals surface area contributed by atoms with Crippen molar-refractivity contribution < 1.29 is 13.3 Å². The molecular weight excluding hydrogens is 816 g/mol. The minimum absolute atomic E-state index is 0.195. The number of hydrogen-bond acceptors (Lipinski definition) is 6. The summed E-state index contributed by atoms with van der Waals surface area (Å²) >= 11 is 1.85. The fourth-order valence-corrected chi connectivity index (χ4v) is 12.4. The van der Waals surface area contributed by atoms with Crippen molar-refractivity contribution in [1.29, 1.82) is 0 Å². The molecule has 9 aromatic carbocycles. The van der Waals surface area contributed by atoms with Gasteiger partial charge in [0.05, 0.1) is 27.7 Å². The van der Waals surface area contributed by atoms with Gasteiger partial charge in [0.1, 0.15) is 27.9 Å². The SMILES string of the molecule is c1ccc(-c2c(N3c4cccc5c4B(c4oc6ccccc6c4N5c4ccc5oc6ccccc6c5c4-c4ccccc4)c4c3sc3ccccc43)ccc3oc4ccccc4c23)cc1. The summed E-state index contributed by atoms with van der Waals surface area (Å²) < 4.78 is 21.7. The fourth-order valence-electron chi connectivity index (χ4n) is 11.1. The first kappa shape index (κ1) is 35.2. The summed E-state index contributed by atoms with van der Waals surface area (Å²) in [6, 6.07) is 71.5. The van der Waals surface area contributed by atoms with Crippen LogP contribution in [0.5, 0.6) is 0 Å². The Morgan fingerprint density at radius 2 is 0.846 bits per heavy atom. The summed E-state index contributed by atoms with van der Waals surface area (Å²) in [4.78, 5) is 5.03. The summed E-state index contributed by atoms with van der Waals surface area (Å²) in [6.45, 7) is -0.195. The Bertz CT molecular complexity index is 4110. The third kappa shape index (κ3) is 4.77. The van der Waals surface area contributed by atoms with E-state index in [1.807, 2.05) is 23.5 Å². The zero-order chi connectivity index (χ0) is 42.3. The number of fused-ring (bicyclic) bond motifs is 14. The van der Waals surface area contributed by atoms with E-state index in [-0.39, 0.29) is 6.71 Å². The summed E-state index contributed by atoms with van der Waals surface area (Å²) in [5.74, 6) is 0. The molecule has 0 radical (unpaired) electrons. The standard InChI is InChI=1S/C58H33BN2O3S/c1-3-16-34(17-4-1)50-40(30-32-47-52(50)36-20-7-11-26-44(36)62-47)60-42-24-15-25-43-55(42)59(57-56(60)38-22-9-13-28-46(38)64-57)54-39-23-10-14-29-49(39)65-58(54)61(43)41-31-33-48-53(37-21-8-12-27-45(37)63-48)51(41)35-18-5-2-6-19-35/h1-33H. The number of anilines is 6. The maximum Gasteiger partial charge on any atom is 0.298 e. The molecule has 65 heavy (non-hydrogen) atoms. The number of rotatable bonds is 4. The molecule has 0 bridgehead atoms. The molecule has 2 aliphatic heterocycles. The Hall–Kier alpha value is -8.26. The number of nitrogens with zero attached hydrogens (tertiary/aromatic N) is 2. The first-order valence-corrected chi connectivity index (χ1v) is 22.9. The highest BCUT2D eigenvalue weighted by Crippen LogP contribution is 2.54. The topological polar surface area (TPSA) is 45.9 Å². The summed E-state index contributed by atoms with van der Waals surface area (Å²) in [7, 11) is 0. The Balaban J connectivity index is 1.10. The predicted octanol–water partition coefficient (Wildman–Crippen LogP) is 14.9. The number of hydrogen-bond donors (Lipinski definition) is 0. The first-order valence-electron chi connectivity index (χ1n) is 22.0. The van der Waals surface area contributed by atoms with E-state index in [1.54, 1.807) is 0 Å². The average Bonchev–Trinajstić information content (AvgIpc) is 4.15. The van der Waals surface area contributed by atoms with Crippen molar-refractivity contribution in [2.75, 3.05) is 9.80 Å². The van der Waals surface area contributed by atoms with E-state index in [0.717, 1.165) is 111 Å². The number of thiophene rings is 1. The molecule has 13 aromatic rings. The van der Waals surface area contributed by atoms with Gasteiger partial charge in [0.15, 0.2) is 0 Å². The Labute approximate surface area is 376 Å². The van der Waals surface area contributed by atoms with Gasteiger partial charge in [-0.3, -0.25) is 0 Å². The lowest BCUT2D eigenvalue weighted by Crippen LogP contribution is -2.60. The number of benzene rings is 9. The lowest BCUT2D eigenvalue weighted by Gasteiger charge is -2.42. The minimum Gasteiger partial charge on any atom is -0.468 e. The van der Waals surface area contributed by atoms with Gasteiger partial charge < -0.3 is 23.1 Å². The summed E-state index contributed by atoms with van der Waals surface area (Å²) in [5.41, 5.74) is 17.6. The first-order chi connectivity index (χ1) is 32.3. The van der Waals surface area contributed by atoms with E-state index >= 15 is 0 Å². The Morgan fingerprint density at radius 3 is 1.46 bits per heavy atom. The largest absolute Gasteiger partial charge is 0.468 e. The molecule has 302 valence electrons. The van der Waals surface area contributed by atoms with E-state index in [2.05, 4.69) is 198 Å². The molecule has 7 heteroatoms. The van der Waals surface area contributed by atoms with Crippen LogP contribution in [0, 0.1) is 0 Å². The Morgan fingerprint density at radius 1 is 0.354 bits per heavy atom. The van der Waals surface area contributed by atoms with E-state index < -0.39 is 0 Å². The monoisotopic (exact) mass is 848 g/mol. The molecular formula is C58H33BN2O3S. The van der Waals surface area contributed by atoms with Gasteiger partial charge in [-0.05, 0) is 94.2 Å². The predicted molar refractivity (Wildman–Crippen MR) is 271 cm³/mol. The van der Waals surface area contributed by atoms with Crippen molar-refractivity contribution in [1.82, 2.24) is 0 Å². The van der Waals surface area contributed by atoms with Gasteiger partial charge in [-0.2, -0.15) is 0 Å². The van der Waals surface area contributed by atoms with Crippen LogP contribution in [0.25, 0.3) is 87.2 Å². The van der Waals surface area contributed by atoms with Gasteiger partial charge in [-0.15, -0.1) is 11.3 Å². The van der Waals surface area contributed by atoms with Crippen LogP contribution in [0.1, 0.15) is 0 Å². The van der Waals surface area contributed by atoms with Gasteiger partial charge in [0.25, 0.3) is 6.71 Å². The minimum atomic E-state index is -0.195. The van der Waals surface area contributed by atoms with Crippen molar-refractivity contribution in [2.45, 2.75) is 0 Å². The van der Waals surface area contributed by atoms with Gasteiger partial charge in [0, 0.05) is 54.1 Å². The molecule has 0 N–H and O–H groups in total. The van der Waals surface area contributed by atoms with Crippen molar-refractivity contribution >= 4 is 133 Å². The zero-order valence-corrected chi connectivity index (χ0v) is 35.5. The third-order valence-corrected chi connectivity index (χ3v) is 14.8. The molecule has 0 spiro atoms. The van der Waals surface area contributed by atoms with Gasteiger partial charge >= 0.3 is 0 Å². The smallest absolute Gasteiger partial charge is 0.298 e. The molecule has 2 aliphatic rings. The van der Waals surface area contributed by atoms with Crippen LogP contribution >= 0.6 is 11.3 Å². The second-order valence-electron chi connectivity index (χ2n) is 17.0. The molecule has 5 nitrogen and oxygen atoms in total. The quantitative estimate of drug-likeness (QED) is 0.165. The van der Waals surface area contributed by atoms with Crippen molar-refractivity contribution in [3.8, 4) is 22.3 Å². The van der Waals surface area contributed by atoms with E-state index in [0.29, 0.717) is 0 Å². The van der Waals surface area contributed by atoms with Crippen LogP contribution in [0.4, 0.5) is 33.4 Å². The maximum atomic E-state index is 7.30. The van der Waals surface area contributed by atoms with Crippen LogP contribution in [-0.2, 0) is 0 Å². The third-order valence-electron chi connectivity index (χ3n) is 13.7. The van der Waals surface area contributed by atoms with Crippen molar-refractivity contribution in [3.05, 3.63) is 200 Å². The molecule has 4 aromatic heterocycles. The Kier molecular flexibility index (Phi) is 7.12. The molecule has 6 heterocycles. The maximum absolute atomic E-state index is 7.30. The molecule has 0 amide bonds. The van der Waals surface area contributed by atoms with Crippen LogP contribution in [-0.4, -0.2) is 6.71 Å². The number of furan rings is 3. The van der Waals surface area contributed by atoms with Crippen LogP contribution < -0.4 is 26.4 Å². The van der Waals surface area contributed by atoms with Crippen LogP contribution in [0.15, 0.2) is 213 Å². The van der Waals surface area contributed by atoms with Crippen LogP contribution in [0.3, 0.4) is 0 Å². The lowest BCUT2D eigenvalue weighted by molar-refractivity contribution is 0.651. The molecule has 0 saturated heterocycles. The van der Waals surface area contributed by atoms with Gasteiger partial charge in [-0.25, -0.2) is 0 Å². The molecule has 0 saturated carbocycles. The second kappa shape index (κ2) is 13.1. The van der Waals surface area contributed by atoms with E-state index in [1.165, 1.54) is 26.0 Å². The summed E-state index contributed by atoms with van der Waals surface area (Å²) in [6.07, 6.45) is 0. The highest BCUT2D eigenvalue weighted by atomic mass is 32.1. The highest BCUT2D eigenvalue weighted by Gasteiger charge is 2.49. The fraction of sp³-hybridized carbons (Fsp3) is 0. The molecule has 15 rings (SSSR count). The summed E-state index contributed by atoms with van der Waals surface area (Å²) in [5, 5.41) is 7.86. The number of para-hydroxylation sites is 3.